The van der Waals surface area contributed by atoms with Gasteiger partial charge >= 0.3 is 0 Å². The fourth-order valence-corrected chi connectivity index (χ4v) is 3.81. The molecule has 2 rings (SSSR count). The lowest BCUT2D eigenvalue weighted by atomic mass is 10.3. The second kappa shape index (κ2) is 5.34. The number of hydrogen-bond acceptors (Lipinski definition) is 6. The van der Waals surface area contributed by atoms with Crippen LogP contribution in [0.15, 0.2) is 8.68 Å². The van der Waals surface area contributed by atoms with Gasteiger partial charge in [-0.25, -0.2) is 0 Å². The maximum Gasteiger partial charge on any atom is 0.175 e. The van der Waals surface area contributed by atoms with Crippen LogP contribution in [0.2, 0.25) is 0 Å². The van der Waals surface area contributed by atoms with Crippen molar-refractivity contribution in [1.29, 1.82) is 0 Å². The summed E-state index contributed by atoms with van der Waals surface area (Å²) >= 11 is 5.07. The number of rotatable bonds is 4. The molecule has 1 aliphatic heterocycles. The predicted molar refractivity (Wildman–Crippen MR) is 61.4 cm³/mol. The smallest absolute Gasteiger partial charge is 0.175 e. The number of ether oxygens (including phenoxy) is 1. The SMILES string of the molecule is CSc1nnc(SCC2CCCO2)s1. The van der Waals surface area contributed by atoms with Crippen molar-refractivity contribution in [1.82, 2.24) is 10.2 Å². The first kappa shape index (κ1) is 10.7. The summed E-state index contributed by atoms with van der Waals surface area (Å²) in [5.74, 6) is 1.02. The Hall–Kier alpha value is 0.220. The highest BCUT2D eigenvalue weighted by molar-refractivity contribution is 8.02. The minimum absolute atomic E-state index is 0.432. The molecule has 0 aromatic carbocycles. The van der Waals surface area contributed by atoms with Crippen molar-refractivity contribution < 1.29 is 4.74 Å². The standard InChI is InChI=1S/C8H12N2OS3/c1-12-7-9-10-8(14-7)13-5-6-3-2-4-11-6/h6H,2-5H2,1H3. The largest absolute Gasteiger partial charge is 0.377 e. The van der Waals surface area contributed by atoms with Gasteiger partial charge in [0, 0.05) is 12.4 Å². The summed E-state index contributed by atoms with van der Waals surface area (Å²) in [6, 6.07) is 0. The Morgan fingerprint density at radius 1 is 1.50 bits per heavy atom. The van der Waals surface area contributed by atoms with E-state index in [0.29, 0.717) is 6.10 Å². The molecule has 0 aliphatic carbocycles. The van der Waals surface area contributed by atoms with Gasteiger partial charge in [-0.3, -0.25) is 0 Å². The normalized spacial score (nSPS) is 21.6. The summed E-state index contributed by atoms with van der Waals surface area (Å²) in [6.45, 7) is 0.928. The van der Waals surface area contributed by atoms with Crippen molar-refractivity contribution >= 4 is 34.9 Å². The van der Waals surface area contributed by atoms with Gasteiger partial charge in [-0.05, 0) is 19.1 Å². The zero-order valence-electron chi connectivity index (χ0n) is 7.93. The lowest BCUT2D eigenvalue weighted by Crippen LogP contribution is -2.07. The summed E-state index contributed by atoms with van der Waals surface area (Å²) in [5, 5.41) is 8.15. The average Bonchev–Trinajstić information content (AvgIpc) is 2.86. The van der Waals surface area contributed by atoms with E-state index in [1.165, 1.54) is 12.8 Å². The molecule has 1 unspecified atom stereocenters. The topological polar surface area (TPSA) is 35.0 Å². The predicted octanol–water partition coefficient (Wildman–Crippen LogP) is 2.53. The zero-order valence-corrected chi connectivity index (χ0v) is 10.4. The summed E-state index contributed by atoms with van der Waals surface area (Å²) in [4.78, 5) is 0. The van der Waals surface area contributed by atoms with Crippen LogP contribution in [0.25, 0.3) is 0 Å². The van der Waals surface area contributed by atoms with E-state index in [2.05, 4.69) is 10.2 Å². The van der Waals surface area contributed by atoms with E-state index in [9.17, 15) is 0 Å². The van der Waals surface area contributed by atoms with Crippen LogP contribution in [-0.2, 0) is 4.74 Å². The third kappa shape index (κ3) is 2.85. The van der Waals surface area contributed by atoms with Crippen molar-refractivity contribution in [3.63, 3.8) is 0 Å². The van der Waals surface area contributed by atoms with Crippen LogP contribution in [0.3, 0.4) is 0 Å². The molecule has 14 heavy (non-hydrogen) atoms. The molecule has 6 heteroatoms. The number of aromatic nitrogens is 2. The summed E-state index contributed by atoms with van der Waals surface area (Å²) < 4.78 is 7.64. The van der Waals surface area contributed by atoms with Crippen LogP contribution in [0.1, 0.15) is 12.8 Å². The van der Waals surface area contributed by atoms with Gasteiger partial charge < -0.3 is 4.74 Å². The number of nitrogens with zero attached hydrogens (tertiary/aromatic N) is 2. The molecule has 1 aromatic rings. The van der Waals surface area contributed by atoms with Gasteiger partial charge in [0.1, 0.15) is 0 Å². The molecule has 0 N–H and O–H groups in total. The van der Waals surface area contributed by atoms with Gasteiger partial charge in [-0.1, -0.05) is 34.9 Å². The van der Waals surface area contributed by atoms with Gasteiger partial charge in [-0.15, -0.1) is 10.2 Å². The van der Waals surface area contributed by atoms with Crippen molar-refractivity contribution in [2.24, 2.45) is 0 Å². The van der Waals surface area contributed by atoms with Crippen LogP contribution in [0.4, 0.5) is 0 Å². The van der Waals surface area contributed by atoms with E-state index < -0.39 is 0 Å². The summed E-state index contributed by atoms with van der Waals surface area (Å²) in [7, 11) is 0. The Morgan fingerprint density at radius 2 is 2.36 bits per heavy atom. The Labute approximate surface area is 96.0 Å². The van der Waals surface area contributed by atoms with Gasteiger partial charge in [0.15, 0.2) is 8.68 Å². The van der Waals surface area contributed by atoms with E-state index in [4.69, 9.17) is 4.74 Å². The first-order valence-electron chi connectivity index (χ1n) is 4.50. The van der Waals surface area contributed by atoms with Gasteiger partial charge in [0.2, 0.25) is 0 Å². The summed E-state index contributed by atoms with van der Waals surface area (Å²) in [5.41, 5.74) is 0. The molecule has 78 valence electrons. The number of thioether (sulfide) groups is 2. The Balaban J connectivity index is 1.79. The van der Waals surface area contributed by atoms with Crippen molar-refractivity contribution in [3.05, 3.63) is 0 Å². The van der Waals surface area contributed by atoms with E-state index >= 15 is 0 Å². The highest BCUT2D eigenvalue weighted by Gasteiger charge is 2.16. The first-order valence-corrected chi connectivity index (χ1v) is 7.53. The van der Waals surface area contributed by atoms with Crippen molar-refractivity contribution in [2.45, 2.75) is 27.6 Å². The van der Waals surface area contributed by atoms with Crippen LogP contribution in [-0.4, -0.2) is 34.9 Å². The van der Waals surface area contributed by atoms with Gasteiger partial charge in [-0.2, -0.15) is 0 Å². The van der Waals surface area contributed by atoms with Crippen LogP contribution in [0.5, 0.6) is 0 Å². The molecule has 3 nitrogen and oxygen atoms in total. The zero-order chi connectivity index (χ0) is 9.80. The fraction of sp³-hybridized carbons (Fsp3) is 0.750. The Morgan fingerprint density at radius 3 is 3.00 bits per heavy atom. The van der Waals surface area contributed by atoms with Crippen molar-refractivity contribution in [2.75, 3.05) is 18.6 Å². The van der Waals surface area contributed by atoms with Crippen molar-refractivity contribution in [3.8, 4) is 0 Å². The molecular weight excluding hydrogens is 236 g/mol. The molecule has 1 saturated heterocycles. The molecule has 1 fully saturated rings. The van der Waals surface area contributed by atoms with Crippen LogP contribution in [0, 0.1) is 0 Å². The second-order valence-electron chi connectivity index (χ2n) is 2.98. The van der Waals surface area contributed by atoms with Gasteiger partial charge in [0.05, 0.1) is 6.10 Å². The molecule has 1 aromatic heterocycles. The quantitative estimate of drug-likeness (QED) is 0.765. The monoisotopic (exact) mass is 248 g/mol. The molecule has 0 radical (unpaired) electrons. The highest BCUT2D eigenvalue weighted by atomic mass is 32.2. The fourth-order valence-electron chi connectivity index (χ4n) is 1.28. The summed E-state index contributed by atoms with van der Waals surface area (Å²) in [6.07, 6.45) is 4.86. The molecular formula is C8H12N2OS3. The van der Waals surface area contributed by atoms with Crippen LogP contribution < -0.4 is 0 Å². The van der Waals surface area contributed by atoms with E-state index in [0.717, 1.165) is 21.0 Å². The molecule has 2 heterocycles. The molecule has 1 atom stereocenters. The molecule has 0 spiro atoms. The maximum atomic E-state index is 5.54. The minimum atomic E-state index is 0.432. The second-order valence-corrected chi connectivity index (χ2v) is 6.28. The molecule has 0 saturated carbocycles. The number of hydrogen-bond donors (Lipinski definition) is 0. The van der Waals surface area contributed by atoms with E-state index in [1.807, 2.05) is 6.26 Å². The van der Waals surface area contributed by atoms with Crippen LogP contribution >= 0.6 is 34.9 Å². The molecule has 0 bridgehead atoms. The third-order valence-corrected chi connectivity index (χ3v) is 5.14. The third-order valence-electron chi connectivity index (χ3n) is 1.98. The lowest BCUT2D eigenvalue weighted by Gasteiger charge is -2.05. The van der Waals surface area contributed by atoms with Gasteiger partial charge in [0.25, 0.3) is 0 Å². The van der Waals surface area contributed by atoms with E-state index in [1.54, 1.807) is 34.9 Å². The lowest BCUT2D eigenvalue weighted by molar-refractivity contribution is 0.129. The average molecular weight is 248 g/mol. The Kier molecular flexibility index (Phi) is 4.10. The highest BCUT2D eigenvalue weighted by Crippen LogP contribution is 2.29. The molecule has 0 amide bonds. The maximum absolute atomic E-state index is 5.54. The molecule has 1 aliphatic rings. The first-order chi connectivity index (χ1) is 6.88. The Bertz CT molecular complexity index is 286. The minimum Gasteiger partial charge on any atom is -0.377 e. The van der Waals surface area contributed by atoms with E-state index in [-0.39, 0.29) is 0 Å².